The number of nitrogens with one attached hydrogen (secondary N) is 2. The van der Waals surface area contributed by atoms with Gasteiger partial charge in [0.15, 0.2) is 11.2 Å². The van der Waals surface area contributed by atoms with E-state index in [1.54, 1.807) is 18.2 Å². The molecule has 0 aliphatic heterocycles. The molecular weight excluding hydrogens is 379 g/mol. The van der Waals surface area contributed by atoms with Gasteiger partial charge in [0.2, 0.25) is 0 Å². The number of hydrogen-bond acceptors (Lipinski definition) is 5. The average Bonchev–Trinajstić information content (AvgIpc) is 3.17. The number of halogens is 1. The van der Waals surface area contributed by atoms with Crippen molar-refractivity contribution in [2.24, 2.45) is 0 Å². The monoisotopic (exact) mass is 394 g/mol. The van der Waals surface area contributed by atoms with Crippen LogP contribution in [0.25, 0.3) is 33.7 Å². The molecule has 8 nitrogen and oxygen atoms in total. The number of aromatic amines is 2. The van der Waals surface area contributed by atoms with E-state index in [0.29, 0.717) is 29.0 Å². The fourth-order valence-electron chi connectivity index (χ4n) is 3.01. The first-order chi connectivity index (χ1) is 14.0. The molecular formula is C20H15FN4O4. The lowest BCUT2D eigenvalue weighted by molar-refractivity contribution is 0.0692. The standard InChI is InChI=1S/C20H15FN4O4/c1-2-29-15-8-11(10-4-6-14(21)13(7-10)20(27)28)3-5-12(15)17-24-18-16(19(26)25-17)22-9-23-18/h3-9H,2H2,1H3,(H,27,28)(H2,22,23,24,25,26). The summed E-state index contributed by atoms with van der Waals surface area (Å²) in [7, 11) is 0. The van der Waals surface area contributed by atoms with Gasteiger partial charge in [0, 0.05) is 0 Å². The van der Waals surface area contributed by atoms with Crippen molar-refractivity contribution in [1.29, 1.82) is 0 Å². The molecule has 0 atom stereocenters. The number of imidazole rings is 1. The lowest BCUT2D eigenvalue weighted by atomic mass is 10.0. The number of aromatic carboxylic acids is 1. The average molecular weight is 394 g/mol. The molecule has 2 aromatic carbocycles. The Bertz CT molecular complexity index is 1300. The second-order valence-corrected chi connectivity index (χ2v) is 6.16. The van der Waals surface area contributed by atoms with Gasteiger partial charge in [0.1, 0.15) is 17.4 Å². The second kappa shape index (κ2) is 7.19. The van der Waals surface area contributed by atoms with Gasteiger partial charge in [0.25, 0.3) is 5.56 Å². The molecule has 4 aromatic rings. The van der Waals surface area contributed by atoms with E-state index < -0.39 is 17.3 Å². The lowest BCUT2D eigenvalue weighted by Crippen LogP contribution is -2.10. The topological polar surface area (TPSA) is 121 Å². The highest BCUT2D eigenvalue weighted by Gasteiger charge is 2.16. The van der Waals surface area contributed by atoms with E-state index in [0.717, 1.165) is 6.07 Å². The molecule has 0 saturated carbocycles. The maximum Gasteiger partial charge on any atom is 0.338 e. The number of fused-ring (bicyclic) bond motifs is 1. The molecule has 0 spiro atoms. The number of carboxylic acids is 1. The minimum atomic E-state index is -1.35. The van der Waals surface area contributed by atoms with Crippen LogP contribution < -0.4 is 10.3 Å². The molecule has 2 aromatic heterocycles. The molecule has 0 amide bonds. The van der Waals surface area contributed by atoms with Crippen LogP contribution in [0.15, 0.2) is 47.5 Å². The largest absolute Gasteiger partial charge is 0.493 e. The molecule has 0 aliphatic rings. The second-order valence-electron chi connectivity index (χ2n) is 6.16. The molecule has 0 radical (unpaired) electrons. The van der Waals surface area contributed by atoms with Crippen LogP contribution in [0.2, 0.25) is 0 Å². The normalized spacial score (nSPS) is 11.0. The number of rotatable bonds is 5. The smallest absolute Gasteiger partial charge is 0.338 e. The van der Waals surface area contributed by atoms with Crippen molar-refractivity contribution in [2.45, 2.75) is 6.92 Å². The Kier molecular flexibility index (Phi) is 4.55. The van der Waals surface area contributed by atoms with E-state index in [1.807, 2.05) is 6.92 Å². The van der Waals surface area contributed by atoms with Crippen LogP contribution in [0.4, 0.5) is 4.39 Å². The Morgan fingerprint density at radius 1 is 1.21 bits per heavy atom. The highest BCUT2D eigenvalue weighted by atomic mass is 19.1. The van der Waals surface area contributed by atoms with Crippen LogP contribution in [0.1, 0.15) is 17.3 Å². The summed E-state index contributed by atoms with van der Waals surface area (Å²) < 4.78 is 19.4. The molecule has 3 N–H and O–H groups in total. The van der Waals surface area contributed by atoms with E-state index in [4.69, 9.17) is 9.84 Å². The van der Waals surface area contributed by atoms with Crippen molar-refractivity contribution in [1.82, 2.24) is 19.9 Å². The number of hydrogen-bond donors (Lipinski definition) is 3. The van der Waals surface area contributed by atoms with Gasteiger partial charge in [-0.2, -0.15) is 0 Å². The molecule has 29 heavy (non-hydrogen) atoms. The summed E-state index contributed by atoms with van der Waals surface area (Å²) in [6.07, 6.45) is 1.39. The molecule has 0 saturated heterocycles. The third kappa shape index (κ3) is 3.33. The maximum atomic E-state index is 13.7. The first-order valence-corrected chi connectivity index (χ1v) is 8.71. The Hall–Kier alpha value is -4.01. The zero-order valence-corrected chi connectivity index (χ0v) is 15.2. The summed E-state index contributed by atoms with van der Waals surface area (Å²) in [6, 6.07) is 8.96. The number of nitrogens with zero attached hydrogens (tertiary/aromatic N) is 2. The first-order valence-electron chi connectivity index (χ1n) is 8.71. The molecule has 9 heteroatoms. The molecule has 0 bridgehead atoms. The van der Waals surface area contributed by atoms with E-state index in [1.165, 1.54) is 18.5 Å². The summed E-state index contributed by atoms with van der Waals surface area (Å²) in [4.78, 5) is 37.2. The van der Waals surface area contributed by atoms with Gasteiger partial charge in [-0.15, -0.1) is 0 Å². The van der Waals surface area contributed by atoms with Crippen LogP contribution in [0.3, 0.4) is 0 Å². The highest BCUT2D eigenvalue weighted by Crippen LogP contribution is 2.33. The Morgan fingerprint density at radius 2 is 1.97 bits per heavy atom. The highest BCUT2D eigenvalue weighted by molar-refractivity contribution is 5.90. The number of H-pyrrole nitrogens is 2. The molecule has 0 unspecified atom stereocenters. The van der Waals surface area contributed by atoms with E-state index in [-0.39, 0.29) is 22.5 Å². The maximum absolute atomic E-state index is 13.7. The third-order valence-corrected chi connectivity index (χ3v) is 4.36. The van der Waals surface area contributed by atoms with Crippen molar-refractivity contribution in [3.63, 3.8) is 0 Å². The number of carbonyl (C=O) groups is 1. The van der Waals surface area contributed by atoms with Crippen LogP contribution in [0, 0.1) is 5.82 Å². The number of ether oxygens (including phenoxy) is 1. The Morgan fingerprint density at radius 3 is 2.72 bits per heavy atom. The van der Waals surface area contributed by atoms with Crippen LogP contribution >= 0.6 is 0 Å². The van der Waals surface area contributed by atoms with Crippen LogP contribution in [0.5, 0.6) is 5.75 Å². The van der Waals surface area contributed by atoms with Crippen molar-refractivity contribution in [3.8, 4) is 28.3 Å². The quantitative estimate of drug-likeness (QED) is 0.478. The summed E-state index contributed by atoms with van der Waals surface area (Å²) >= 11 is 0. The minimum absolute atomic E-state index is 0.274. The van der Waals surface area contributed by atoms with Gasteiger partial charge in [0.05, 0.1) is 24.1 Å². The van der Waals surface area contributed by atoms with Crippen molar-refractivity contribution >= 4 is 17.1 Å². The summed E-state index contributed by atoms with van der Waals surface area (Å²) in [5.74, 6) is -1.43. The van der Waals surface area contributed by atoms with Gasteiger partial charge in [-0.05, 0) is 42.3 Å². The van der Waals surface area contributed by atoms with Gasteiger partial charge >= 0.3 is 5.97 Å². The fraction of sp³-hybridized carbons (Fsp3) is 0.100. The minimum Gasteiger partial charge on any atom is -0.493 e. The Balaban J connectivity index is 1.84. The SMILES string of the molecule is CCOc1cc(-c2ccc(F)c(C(=O)O)c2)ccc1-c1nc2nc[nH]c2c(=O)[nH]1. The molecule has 146 valence electrons. The first kappa shape index (κ1) is 18.4. The van der Waals surface area contributed by atoms with E-state index >= 15 is 0 Å². The predicted octanol–water partition coefficient (Wildman–Crippen LogP) is 3.22. The van der Waals surface area contributed by atoms with Crippen molar-refractivity contribution in [3.05, 3.63) is 64.5 Å². The third-order valence-electron chi connectivity index (χ3n) is 4.36. The summed E-state index contributed by atoms with van der Waals surface area (Å²) in [5, 5.41) is 9.15. The van der Waals surface area contributed by atoms with Crippen molar-refractivity contribution < 1.29 is 19.0 Å². The molecule has 0 fully saturated rings. The van der Waals surface area contributed by atoms with E-state index in [2.05, 4.69) is 19.9 Å². The van der Waals surface area contributed by atoms with E-state index in [9.17, 15) is 14.0 Å². The van der Waals surface area contributed by atoms with Gasteiger partial charge in [-0.25, -0.2) is 19.2 Å². The van der Waals surface area contributed by atoms with Gasteiger partial charge in [-0.1, -0.05) is 12.1 Å². The lowest BCUT2D eigenvalue weighted by Gasteiger charge is -2.12. The molecule has 0 aliphatic carbocycles. The molecule has 4 rings (SSSR count). The number of benzene rings is 2. The summed E-state index contributed by atoms with van der Waals surface area (Å²) in [5.41, 5.74) is 1.45. The van der Waals surface area contributed by atoms with Crippen molar-refractivity contribution in [2.75, 3.05) is 6.61 Å². The van der Waals surface area contributed by atoms with Crippen LogP contribution in [-0.2, 0) is 0 Å². The molecule has 2 heterocycles. The number of aromatic nitrogens is 4. The van der Waals surface area contributed by atoms with Gasteiger partial charge < -0.3 is 19.8 Å². The fourth-order valence-corrected chi connectivity index (χ4v) is 3.01. The Labute approximate surface area is 163 Å². The number of carboxylic acid groups (broad SMARTS) is 1. The zero-order chi connectivity index (χ0) is 20.5. The predicted molar refractivity (Wildman–Crippen MR) is 103 cm³/mol. The van der Waals surface area contributed by atoms with Crippen LogP contribution in [-0.4, -0.2) is 37.6 Å². The summed E-state index contributed by atoms with van der Waals surface area (Å²) in [6.45, 7) is 2.17. The van der Waals surface area contributed by atoms with Gasteiger partial charge in [-0.3, -0.25) is 4.79 Å². The zero-order valence-electron chi connectivity index (χ0n) is 15.2.